The predicted octanol–water partition coefficient (Wildman–Crippen LogP) is 0.162. The molecule has 1 atom stereocenters. The summed E-state index contributed by atoms with van der Waals surface area (Å²) >= 11 is 0. The second kappa shape index (κ2) is 5.42. The number of hydrogen-bond donors (Lipinski definition) is 0. The Labute approximate surface area is 114 Å². The van der Waals surface area contributed by atoms with Crippen LogP contribution in [0.4, 0.5) is 5.95 Å². The summed E-state index contributed by atoms with van der Waals surface area (Å²) in [5.74, 6) is 1.24. The molecular weight excluding hydrogens is 264 g/mol. The van der Waals surface area contributed by atoms with Crippen LogP contribution in [0.25, 0.3) is 0 Å². The van der Waals surface area contributed by atoms with Crippen molar-refractivity contribution in [3.63, 3.8) is 0 Å². The highest BCUT2D eigenvalue weighted by Gasteiger charge is 2.30. The van der Waals surface area contributed by atoms with Crippen LogP contribution in [0.15, 0.2) is 12.4 Å². The Morgan fingerprint density at radius 3 is 2.37 bits per heavy atom. The van der Waals surface area contributed by atoms with Gasteiger partial charge in [-0.2, -0.15) is 0 Å². The van der Waals surface area contributed by atoms with Crippen LogP contribution in [0.1, 0.15) is 12.0 Å². The molecule has 1 saturated heterocycles. The number of rotatable bonds is 4. The first-order chi connectivity index (χ1) is 8.87. The Kier molecular flexibility index (Phi) is 4.05. The maximum atomic E-state index is 11.5. The van der Waals surface area contributed by atoms with E-state index in [-0.39, 0.29) is 11.8 Å². The van der Waals surface area contributed by atoms with Gasteiger partial charge in [-0.15, -0.1) is 0 Å². The zero-order valence-electron chi connectivity index (χ0n) is 11.6. The second-order valence-electron chi connectivity index (χ2n) is 5.26. The molecule has 1 aliphatic heterocycles. The molecule has 1 unspecified atom stereocenters. The van der Waals surface area contributed by atoms with Gasteiger partial charge in [0, 0.05) is 44.6 Å². The van der Waals surface area contributed by atoms with E-state index in [9.17, 15) is 8.42 Å². The van der Waals surface area contributed by atoms with Crippen molar-refractivity contribution in [2.75, 3.05) is 37.5 Å². The number of aromatic nitrogens is 2. The van der Waals surface area contributed by atoms with Crippen LogP contribution < -0.4 is 4.90 Å². The molecule has 1 aliphatic rings. The number of sulfone groups is 1. The van der Waals surface area contributed by atoms with E-state index in [4.69, 9.17) is 0 Å². The predicted molar refractivity (Wildman–Crippen MR) is 74.9 cm³/mol. The summed E-state index contributed by atoms with van der Waals surface area (Å²) in [5.41, 5.74) is 0.998. The van der Waals surface area contributed by atoms with Gasteiger partial charge in [0.2, 0.25) is 5.95 Å². The number of nitrogens with zero attached hydrogens (tertiary/aromatic N) is 4. The third kappa shape index (κ3) is 3.63. The van der Waals surface area contributed by atoms with Gasteiger partial charge in [0.15, 0.2) is 9.84 Å². The minimum Gasteiger partial charge on any atom is -0.347 e. The van der Waals surface area contributed by atoms with E-state index in [1.165, 1.54) is 0 Å². The average molecular weight is 284 g/mol. The standard InChI is InChI=1S/C12H20N4O2S/c1-15(2)12-13-6-10(7-14-12)8-16(3)11-4-5-19(17,18)9-11/h6-7,11H,4-5,8-9H2,1-3H3. The monoisotopic (exact) mass is 284 g/mol. The van der Waals surface area contributed by atoms with Crippen molar-refractivity contribution in [3.05, 3.63) is 18.0 Å². The Morgan fingerprint density at radius 2 is 1.89 bits per heavy atom. The first-order valence-corrected chi connectivity index (χ1v) is 8.08. The topological polar surface area (TPSA) is 66.4 Å². The average Bonchev–Trinajstić information content (AvgIpc) is 2.70. The smallest absolute Gasteiger partial charge is 0.224 e. The lowest BCUT2D eigenvalue weighted by atomic mass is 10.2. The summed E-state index contributed by atoms with van der Waals surface area (Å²) < 4.78 is 22.9. The van der Waals surface area contributed by atoms with Gasteiger partial charge in [-0.3, -0.25) is 4.90 Å². The molecule has 0 spiro atoms. The fourth-order valence-corrected chi connectivity index (χ4v) is 4.01. The molecule has 1 aromatic rings. The highest BCUT2D eigenvalue weighted by atomic mass is 32.2. The summed E-state index contributed by atoms with van der Waals surface area (Å²) in [6.07, 6.45) is 4.31. The SMILES string of the molecule is CN(C)c1ncc(CN(C)C2CCS(=O)(=O)C2)cn1. The molecule has 7 heteroatoms. The number of anilines is 1. The molecule has 0 aliphatic carbocycles. The Bertz CT molecular complexity index is 527. The van der Waals surface area contributed by atoms with Crippen LogP contribution in [0.5, 0.6) is 0 Å². The summed E-state index contributed by atoms with van der Waals surface area (Å²) in [6.45, 7) is 0.674. The van der Waals surface area contributed by atoms with Crippen molar-refractivity contribution in [2.45, 2.75) is 19.0 Å². The van der Waals surface area contributed by atoms with Gasteiger partial charge in [-0.05, 0) is 13.5 Å². The molecule has 0 aromatic carbocycles. The van der Waals surface area contributed by atoms with Gasteiger partial charge in [-0.1, -0.05) is 0 Å². The first-order valence-electron chi connectivity index (χ1n) is 6.26. The van der Waals surface area contributed by atoms with E-state index in [1.54, 1.807) is 12.4 Å². The van der Waals surface area contributed by atoms with Crippen LogP contribution in [-0.4, -0.2) is 62.0 Å². The zero-order valence-corrected chi connectivity index (χ0v) is 12.4. The molecule has 2 rings (SSSR count). The molecule has 0 N–H and O–H groups in total. The van der Waals surface area contributed by atoms with Crippen molar-refractivity contribution < 1.29 is 8.42 Å². The lowest BCUT2D eigenvalue weighted by Gasteiger charge is -2.22. The highest BCUT2D eigenvalue weighted by Crippen LogP contribution is 2.18. The van der Waals surface area contributed by atoms with Crippen molar-refractivity contribution in [3.8, 4) is 0 Å². The van der Waals surface area contributed by atoms with Gasteiger partial charge in [0.05, 0.1) is 11.5 Å². The molecule has 106 valence electrons. The van der Waals surface area contributed by atoms with Crippen LogP contribution >= 0.6 is 0 Å². The lowest BCUT2D eigenvalue weighted by molar-refractivity contribution is 0.253. The van der Waals surface area contributed by atoms with E-state index in [0.717, 1.165) is 12.0 Å². The molecule has 19 heavy (non-hydrogen) atoms. The van der Waals surface area contributed by atoms with Crippen LogP contribution in [0.3, 0.4) is 0 Å². The molecule has 2 heterocycles. The third-order valence-corrected chi connectivity index (χ3v) is 5.11. The zero-order chi connectivity index (χ0) is 14.0. The minimum atomic E-state index is -2.83. The summed E-state index contributed by atoms with van der Waals surface area (Å²) in [6, 6.07) is 0.110. The Hall–Kier alpha value is -1.21. The maximum absolute atomic E-state index is 11.5. The van der Waals surface area contributed by atoms with Gasteiger partial charge < -0.3 is 4.90 Å². The van der Waals surface area contributed by atoms with Crippen LogP contribution in [-0.2, 0) is 16.4 Å². The van der Waals surface area contributed by atoms with Crippen LogP contribution in [0.2, 0.25) is 0 Å². The minimum absolute atomic E-state index is 0.110. The van der Waals surface area contributed by atoms with Crippen molar-refractivity contribution >= 4 is 15.8 Å². The van der Waals surface area contributed by atoms with E-state index in [0.29, 0.717) is 18.2 Å². The van der Waals surface area contributed by atoms with Crippen LogP contribution in [0, 0.1) is 0 Å². The van der Waals surface area contributed by atoms with Gasteiger partial charge in [-0.25, -0.2) is 18.4 Å². The van der Waals surface area contributed by atoms with E-state index >= 15 is 0 Å². The Balaban J connectivity index is 1.97. The van der Waals surface area contributed by atoms with Crippen molar-refractivity contribution in [1.82, 2.24) is 14.9 Å². The fraction of sp³-hybridized carbons (Fsp3) is 0.667. The van der Waals surface area contributed by atoms with E-state index in [1.807, 2.05) is 26.0 Å². The summed E-state index contributed by atoms with van der Waals surface area (Å²) in [4.78, 5) is 12.4. The molecule has 0 amide bonds. The van der Waals surface area contributed by atoms with Crippen molar-refractivity contribution in [1.29, 1.82) is 0 Å². The third-order valence-electron chi connectivity index (χ3n) is 3.36. The lowest BCUT2D eigenvalue weighted by Crippen LogP contribution is -2.32. The Morgan fingerprint density at radius 1 is 1.26 bits per heavy atom. The number of hydrogen-bond acceptors (Lipinski definition) is 6. The molecule has 0 bridgehead atoms. The quantitative estimate of drug-likeness (QED) is 0.785. The fourth-order valence-electron chi connectivity index (χ4n) is 2.20. The second-order valence-corrected chi connectivity index (χ2v) is 7.49. The molecule has 0 radical (unpaired) electrons. The molecular formula is C12H20N4O2S. The normalized spacial score (nSPS) is 21.8. The van der Waals surface area contributed by atoms with E-state index in [2.05, 4.69) is 14.9 Å². The molecule has 0 saturated carbocycles. The van der Waals surface area contributed by atoms with E-state index < -0.39 is 9.84 Å². The maximum Gasteiger partial charge on any atom is 0.224 e. The largest absolute Gasteiger partial charge is 0.347 e. The van der Waals surface area contributed by atoms with Gasteiger partial charge in [0.25, 0.3) is 0 Å². The molecule has 6 nitrogen and oxygen atoms in total. The summed E-state index contributed by atoms with van der Waals surface area (Å²) in [7, 11) is 2.91. The molecule has 1 fully saturated rings. The first kappa shape index (κ1) is 14.2. The van der Waals surface area contributed by atoms with Gasteiger partial charge in [0.1, 0.15) is 0 Å². The summed E-state index contributed by atoms with van der Waals surface area (Å²) in [5, 5.41) is 0. The molecule has 1 aromatic heterocycles. The van der Waals surface area contributed by atoms with Crippen molar-refractivity contribution in [2.24, 2.45) is 0 Å². The highest BCUT2D eigenvalue weighted by molar-refractivity contribution is 7.91. The van der Waals surface area contributed by atoms with Gasteiger partial charge >= 0.3 is 0 Å².